The molecule has 1 heterocycles. The summed E-state index contributed by atoms with van der Waals surface area (Å²) in [5, 5.41) is 3.48. The Bertz CT molecular complexity index is 286. The van der Waals surface area contributed by atoms with Crippen LogP contribution in [0.5, 0.6) is 0 Å². The summed E-state index contributed by atoms with van der Waals surface area (Å²) >= 11 is 5.84. The minimum atomic E-state index is 0.444. The van der Waals surface area contributed by atoms with Crippen molar-refractivity contribution in [3.8, 4) is 0 Å². The zero-order valence-electron chi connectivity index (χ0n) is 7.48. The van der Waals surface area contributed by atoms with Crippen LogP contribution in [0.1, 0.15) is 18.3 Å². The molecule has 0 fully saturated rings. The van der Waals surface area contributed by atoms with Crippen LogP contribution in [0.3, 0.4) is 0 Å². The molecular weight excluding hydrogens is 174 g/mol. The largest absolute Gasteiger partial charge is 0.368 e. The average Bonchev–Trinajstić information content (AvgIpc) is 2.01. The number of aromatic nitrogens is 2. The van der Waals surface area contributed by atoms with E-state index in [1.165, 1.54) is 0 Å². The lowest BCUT2D eigenvalue weighted by atomic mass is 10.3. The number of hydrogen-bond donors (Lipinski definition) is 1. The Morgan fingerprint density at radius 3 is 2.42 bits per heavy atom. The van der Waals surface area contributed by atoms with Crippen LogP contribution >= 0.6 is 11.6 Å². The predicted octanol–water partition coefficient (Wildman–Crippen LogP) is 2.18. The maximum atomic E-state index is 5.84. The SMILES string of the molecule is CCNc1nc(C)c(C)nc1Cl. The summed E-state index contributed by atoms with van der Waals surface area (Å²) < 4.78 is 0. The molecule has 0 saturated carbocycles. The van der Waals surface area contributed by atoms with Gasteiger partial charge in [0.2, 0.25) is 0 Å². The van der Waals surface area contributed by atoms with Crippen molar-refractivity contribution < 1.29 is 0 Å². The summed E-state index contributed by atoms with van der Waals surface area (Å²) in [6.07, 6.45) is 0. The van der Waals surface area contributed by atoms with Crippen LogP contribution < -0.4 is 5.32 Å². The van der Waals surface area contributed by atoms with E-state index in [2.05, 4.69) is 15.3 Å². The van der Waals surface area contributed by atoms with Crippen LogP contribution in [-0.4, -0.2) is 16.5 Å². The van der Waals surface area contributed by atoms with E-state index < -0.39 is 0 Å². The van der Waals surface area contributed by atoms with Gasteiger partial charge in [0.05, 0.1) is 11.4 Å². The molecule has 0 aromatic carbocycles. The molecule has 0 bridgehead atoms. The first-order chi connectivity index (χ1) is 5.65. The number of hydrogen-bond acceptors (Lipinski definition) is 3. The second kappa shape index (κ2) is 3.72. The first-order valence-corrected chi connectivity index (χ1v) is 4.27. The fourth-order valence-corrected chi connectivity index (χ4v) is 1.09. The van der Waals surface area contributed by atoms with Gasteiger partial charge in [-0.25, -0.2) is 9.97 Å². The van der Waals surface area contributed by atoms with Gasteiger partial charge in [0.25, 0.3) is 0 Å². The molecule has 0 aliphatic heterocycles. The van der Waals surface area contributed by atoms with Crippen LogP contribution in [0.4, 0.5) is 5.82 Å². The summed E-state index contributed by atoms with van der Waals surface area (Å²) in [7, 11) is 0. The molecule has 12 heavy (non-hydrogen) atoms. The molecule has 1 aromatic rings. The second-order valence-electron chi connectivity index (χ2n) is 2.56. The lowest BCUT2D eigenvalue weighted by Crippen LogP contribution is -2.03. The van der Waals surface area contributed by atoms with Gasteiger partial charge in [0, 0.05) is 6.54 Å². The van der Waals surface area contributed by atoms with E-state index in [1.54, 1.807) is 0 Å². The normalized spacial score (nSPS) is 10.0. The van der Waals surface area contributed by atoms with E-state index in [9.17, 15) is 0 Å². The molecule has 1 N–H and O–H groups in total. The first kappa shape index (κ1) is 9.26. The highest BCUT2D eigenvalue weighted by Crippen LogP contribution is 2.17. The standard InChI is InChI=1S/C8H12ClN3/c1-4-10-8-7(9)11-5(2)6(3)12-8/h4H2,1-3H3,(H,10,12). The fraction of sp³-hybridized carbons (Fsp3) is 0.500. The smallest absolute Gasteiger partial charge is 0.171 e. The molecule has 3 nitrogen and oxygen atoms in total. The zero-order valence-corrected chi connectivity index (χ0v) is 8.24. The minimum Gasteiger partial charge on any atom is -0.368 e. The van der Waals surface area contributed by atoms with E-state index in [0.29, 0.717) is 11.0 Å². The maximum absolute atomic E-state index is 5.84. The molecule has 66 valence electrons. The van der Waals surface area contributed by atoms with Gasteiger partial charge in [0.1, 0.15) is 0 Å². The van der Waals surface area contributed by atoms with Gasteiger partial charge >= 0.3 is 0 Å². The number of anilines is 1. The number of halogens is 1. The highest BCUT2D eigenvalue weighted by molar-refractivity contribution is 6.31. The molecule has 0 aliphatic rings. The van der Waals surface area contributed by atoms with Gasteiger partial charge in [-0.1, -0.05) is 11.6 Å². The monoisotopic (exact) mass is 185 g/mol. The van der Waals surface area contributed by atoms with Crippen molar-refractivity contribution in [1.29, 1.82) is 0 Å². The Morgan fingerprint density at radius 1 is 1.25 bits per heavy atom. The fourth-order valence-electron chi connectivity index (χ4n) is 0.856. The summed E-state index contributed by atoms with van der Waals surface area (Å²) in [6.45, 7) is 6.60. The molecule has 1 aromatic heterocycles. The molecule has 0 saturated heterocycles. The Labute approximate surface area is 77.2 Å². The highest BCUT2D eigenvalue weighted by atomic mass is 35.5. The molecule has 1 rings (SSSR count). The summed E-state index contributed by atoms with van der Waals surface area (Å²) in [5.41, 5.74) is 1.79. The predicted molar refractivity (Wildman–Crippen MR) is 50.7 cm³/mol. The quantitative estimate of drug-likeness (QED) is 0.768. The van der Waals surface area contributed by atoms with E-state index >= 15 is 0 Å². The van der Waals surface area contributed by atoms with Crippen LogP contribution in [0.15, 0.2) is 0 Å². The third-order valence-electron chi connectivity index (χ3n) is 1.61. The molecule has 0 aliphatic carbocycles. The molecule has 4 heteroatoms. The Kier molecular flexibility index (Phi) is 2.87. The molecule has 0 radical (unpaired) electrons. The van der Waals surface area contributed by atoms with E-state index in [-0.39, 0.29) is 0 Å². The summed E-state index contributed by atoms with van der Waals surface area (Å²) in [4.78, 5) is 8.39. The highest BCUT2D eigenvalue weighted by Gasteiger charge is 2.04. The van der Waals surface area contributed by atoms with Crippen LogP contribution in [-0.2, 0) is 0 Å². The average molecular weight is 186 g/mol. The van der Waals surface area contributed by atoms with Crippen LogP contribution in [0, 0.1) is 13.8 Å². The van der Waals surface area contributed by atoms with Crippen molar-refractivity contribution >= 4 is 17.4 Å². The van der Waals surface area contributed by atoms with E-state index in [4.69, 9.17) is 11.6 Å². The van der Waals surface area contributed by atoms with E-state index in [0.717, 1.165) is 17.9 Å². The van der Waals surface area contributed by atoms with Gasteiger partial charge in [0.15, 0.2) is 11.0 Å². The number of aryl methyl sites for hydroxylation is 2. The van der Waals surface area contributed by atoms with Crippen molar-refractivity contribution in [1.82, 2.24) is 9.97 Å². The molecule has 0 atom stereocenters. The maximum Gasteiger partial charge on any atom is 0.171 e. The topological polar surface area (TPSA) is 37.8 Å². The number of rotatable bonds is 2. The van der Waals surface area contributed by atoms with Crippen molar-refractivity contribution in [2.75, 3.05) is 11.9 Å². The Morgan fingerprint density at radius 2 is 1.83 bits per heavy atom. The van der Waals surface area contributed by atoms with Gasteiger partial charge < -0.3 is 5.32 Å². The van der Waals surface area contributed by atoms with E-state index in [1.807, 2.05) is 20.8 Å². The van der Waals surface area contributed by atoms with Gasteiger partial charge in [-0.15, -0.1) is 0 Å². The Balaban J connectivity index is 3.05. The number of nitrogens with one attached hydrogen (secondary N) is 1. The van der Waals surface area contributed by atoms with Crippen molar-refractivity contribution in [2.45, 2.75) is 20.8 Å². The molecule has 0 unspecified atom stereocenters. The lowest BCUT2D eigenvalue weighted by Gasteiger charge is -2.06. The first-order valence-electron chi connectivity index (χ1n) is 3.89. The number of nitrogens with zero attached hydrogens (tertiary/aromatic N) is 2. The molecule has 0 amide bonds. The van der Waals surface area contributed by atoms with Gasteiger partial charge in [-0.05, 0) is 20.8 Å². The third kappa shape index (κ3) is 1.85. The lowest BCUT2D eigenvalue weighted by molar-refractivity contribution is 1.03. The third-order valence-corrected chi connectivity index (χ3v) is 1.87. The second-order valence-corrected chi connectivity index (χ2v) is 2.92. The minimum absolute atomic E-state index is 0.444. The van der Waals surface area contributed by atoms with Crippen LogP contribution in [0.2, 0.25) is 5.15 Å². The van der Waals surface area contributed by atoms with Crippen molar-refractivity contribution in [3.05, 3.63) is 16.5 Å². The van der Waals surface area contributed by atoms with Crippen LogP contribution in [0.25, 0.3) is 0 Å². The van der Waals surface area contributed by atoms with Crippen molar-refractivity contribution in [2.24, 2.45) is 0 Å². The summed E-state index contributed by atoms with van der Waals surface area (Å²) in [6, 6.07) is 0. The van der Waals surface area contributed by atoms with Gasteiger partial charge in [-0.3, -0.25) is 0 Å². The van der Waals surface area contributed by atoms with Gasteiger partial charge in [-0.2, -0.15) is 0 Å². The summed E-state index contributed by atoms with van der Waals surface area (Å²) in [5.74, 6) is 0.669. The zero-order chi connectivity index (χ0) is 9.14. The van der Waals surface area contributed by atoms with Crippen molar-refractivity contribution in [3.63, 3.8) is 0 Å². The molecule has 0 spiro atoms. The molecular formula is C8H12ClN3. The Hall–Kier alpha value is -0.830.